The van der Waals surface area contributed by atoms with Crippen LogP contribution in [0.4, 0.5) is 5.82 Å². The van der Waals surface area contributed by atoms with Crippen molar-refractivity contribution in [1.82, 2.24) is 9.78 Å². The lowest BCUT2D eigenvalue weighted by Gasteiger charge is -2.02. The lowest BCUT2D eigenvalue weighted by molar-refractivity contribution is 0.0898. The lowest BCUT2D eigenvalue weighted by Crippen LogP contribution is -2.06. The third kappa shape index (κ3) is 2.10. The van der Waals surface area contributed by atoms with Gasteiger partial charge in [-0.05, 0) is 6.92 Å². The van der Waals surface area contributed by atoms with Crippen molar-refractivity contribution in [1.29, 1.82) is 0 Å². The zero-order chi connectivity index (χ0) is 8.97. The molecule has 2 N–H and O–H groups in total. The van der Waals surface area contributed by atoms with E-state index in [2.05, 4.69) is 11.7 Å². The average molecular weight is 167 g/mol. The van der Waals surface area contributed by atoms with Crippen molar-refractivity contribution >= 4 is 5.82 Å². The first-order chi connectivity index (χ1) is 5.74. The predicted molar refractivity (Wildman–Crippen MR) is 47.5 cm³/mol. The summed E-state index contributed by atoms with van der Waals surface area (Å²) in [6.07, 6.45) is 1.70. The second-order valence-corrected chi connectivity index (χ2v) is 2.50. The largest absolute Gasteiger partial charge is 0.382 e. The van der Waals surface area contributed by atoms with Gasteiger partial charge in [-0.1, -0.05) is 6.08 Å². The van der Waals surface area contributed by atoms with Crippen molar-refractivity contribution in [3.8, 4) is 0 Å². The fraction of sp³-hybridized carbons (Fsp3) is 0.375. The number of anilines is 1. The minimum atomic E-state index is 0.426. The van der Waals surface area contributed by atoms with E-state index in [4.69, 9.17) is 10.5 Å². The van der Waals surface area contributed by atoms with Crippen molar-refractivity contribution in [2.24, 2.45) is 0 Å². The molecule has 1 aromatic rings. The molecule has 1 aromatic heterocycles. The van der Waals surface area contributed by atoms with Gasteiger partial charge in [-0.3, -0.25) is 0 Å². The SMILES string of the molecule is C=CCOCn1nc(N)cc1C. The van der Waals surface area contributed by atoms with E-state index < -0.39 is 0 Å². The highest BCUT2D eigenvalue weighted by molar-refractivity contribution is 5.28. The normalized spacial score (nSPS) is 10.1. The van der Waals surface area contributed by atoms with E-state index in [-0.39, 0.29) is 0 Å². The zero-order valence-corrected chi connectivity index (χ0v) is 7.16. The summed E-state index contributed by atoms with van der Waals surface area (Å²) in [7, 11) is 0. The van der Waals surface area contributed by atoms with Gasteiger partial charge in [0.25, 0.3) is 0 Å². The maximum absolute atomic E-state index is 5.48. The summed E-state index contributed by atoms with van der Waals surface area (Å²) in [5.74, 6) is 0.523. The fourth-order valence-corrected chi connectivity index (χ4v) is 0.889. The molecule has 4 nitrogen and oxygen atoms in total. The Kier molecular flexibility index (Phi) is 2.88. The first kappa shape index (κ1) is 8.80. The van der Waals surface area contributed by atoms with Crippen LogP contribution in [0.1, 0.15) is 5.69 Å². The molecule has 0 atom stereocenters. The molecule has 0 aliphatic carbocycles. The Balaban J connectivity index is 2.50. The molecule has 0 spiro atoms. The predicted octanol–water partition coefficient (Wildman–Crippen LogP) is 0.934. The molecule has 1 heterocycles. The number of ether oxygens (including phenoxy) is 1. The van der Waals surface area contributed by atoms with Crippen LogP contribution in [0.2, 0.25) is 0 Å². The molecule has 66 valence electrons. The van der Waals surface area contributed by atoms with Gasteiger partial charge < -0.3 is 10.5 Å². The third-order valence-electron chi connectivity index (χ3n) is 1.45. The van der Waals surface area contributed by atoms with Crippen LogP contribution in [-0.2, 0) is 11.5 Å². The maximum Gasteiger partial charge on any atom is 0.145 e. The minimum absolute atomic E-state index is 0.426. The molecular weight excluding hydrogens is 154 g/mol. The smallest absolute Gasteiger partial charge is 0.145 e. The number of nitrogen functional groups attached to an aromatic ring is 1. The van der Waals surface area contributed by atoms with Gasteiger partial charge in [-0.25, -0.2) is 4.68 Å². The van der Waals surface area contributed by atoms with Gasteiger partial charge in [-0.15, -0.1) is 6.58 Å². The van der Waals surface area contributed by atoms with Gasteiger partial charge in [0.15, 0.2) is 0 Å². The van der Waals surface area contributed by atoms with E-state index in [1.807, 2.05) is 6.92 Å². The molecule has 0 radical (unpaired) electrons. The van der Waals surface area contributed by atoms with E-state index in [0.717, 1.165) is 5.69 Å². The zero-order valence-electron chi connectivity index (χ0n) is 7.16. The summed E-state index contributed by atoms with van der Waals surface area (Å²) in [4.78, 5) is 0. The maximum atomic E-state index is 5.48. The number of aromatic nitrogens is 2. The van der Waals surface area contributed by atoms with Crippen molar-refractivity contribution < 1.29 is 4.74 Å². The van der Waals surface area contributed by atoms with Crippen molar-refractivity contribution in [2.45, 2.75) is 13.7 Å². The Morgan fingerprint density at radius 3 is 3.08 bits per heavy atom. The molecule has 0 aromatic carbocycles. The van der Waals surface area contributed by atoms with Crippen LogP contribution < -0.4 is 5.73 Å². The first-order valence-electron chi connectivity index (χ1n) is 3.72. The highest BCUT2D eigenvalue weighted by Gasteiger charge is 1.99. The Morgan fingerprint density at radius 1 is 1.83 bits per heavy atom. The van der Waals surface area contributed by atoms with E-state index in [0.29, 0.717) is 19.2 Å². The van der Waals surface area contributed by atoms with Crippen molar-refractivity contribution in [2.75, 3.05) is 12.3 Å². The summed E-state index contributed by atoms with van der Waals surface area (Å²) in [5.41, 5.74) is 6.47. The van der Waals surface area contributed by atoms with Crippen LogP contribution >= 0.6 is 0 Å². The van der Waals surface area contributed by atoms with Gasteiger partial charge in [0.1, 0.15) is 12.5 Å². The van der Waals surface area contributed by atoms with E-state index in [1.165, 1.54) is 0 Å². The molecule has 1 rings (SSSR count). The average Bonchev–Trinajstić information content (AvgIpc) is 2.31. The fourth-order valence-electron chi connectivity index (χ4n) is 0.889. The van der Waals surface area contributed by atoms with Gasteiger partial charge in [-0.2, -0.15) is 5.10 Å². The molecule has 0 unspecified atom stereocenters. The third-order valence-corrected chi connectivity index (χ3v) is 1.45. The molecule has 0 aliphatic rings. The Hall–Kier alpha value is -1.29. The van der Waals surface area contributed by atoms with Gasteiger partial charge >= 0.3 is 0 Å². The number of rotatable bonds is 4. The highest BCUT2D eigenvalue weighted by Crippen LogP contribution is 2.03. The molecule has 0 amide bonds. The van der Waals surface area contributed by atoms with Crippen LogP contribution in [0, 0.1) is 6.92 Å². The van der Waals surface area contributed by atoms with E-state index >= 15 is 0 Å². The molecule has 0 saturated heterocycles. The second kappa shape index (κ2) is 3.92. The van der Waals surface area contributed by atoms with Gasteiger partial charge in [0.05, 0.1) is 6.61 Å². The van der Waals surface area contributed by atoms with Crippen molar-refractivity contribution in [3.63, 3.8) is 0 Å². The minimum Gasteiger partial charge on any atom is -0.382 e. The summed E-state index contributed by atoms with van der Waals surface area (Å²) >= 11 is 0. The Labute approximate surface area is 71.6 Å². The molecule has 0 fully saturated rings. The first-order valence-corrected chi connectivity index (χ1v) is 3.72. The quantitative estimate of drug-likeness (QED) is 0.536. The lowest BCUT2D eigenvalue weighted by atomic mass is 10.5. The van der Waals surface area contributed by atoms with E-state index in [9.17, 15) is 0 Å². The Morgan fingerprint density at radius 2 is 2.58 bits per heavy atom. The summed E-state index contributed by atoms with van der Waals surface area (Å²) in [6, 6.07) is 1.80. The standard InChI is InChI=1S/C8H13N3O/c1-3-4-12-6-11-7(2)5-8(9)10-11/h3,5H,1,4,6H2,2H3,(H2,9,10). The molecule has 0 aliphatic heterocycles. The van der Waals surface area contributed by atoms with Gasteiger partial charge in [0, 0.05) is 11.8 Å². The van der Waals surface area contributed by atoms with E-state index in [1.54, 1.807) is 16.8 Å². The number of hydrogen-bond acceptors (Lipinski definition) is 3. The number of nitrogens with zero attached hydrogens (tertiary/aromatic N) is 2. The van der Waals surface area contributed by atoms with Crippen LogP contribution in [0.25, 0.3) is 0 Å². The Bertz CT molecular complexity index is 267. The monoisotopic (exact) mass is 167 g/mol. The van der Waals surface area contributed by atoms with Crippen LogP contribution in [-0.4, -0.2) is 16.4 Å². The summed E-state index contributed by atoms with van der Waals surface area (Å²) in [6.45, 7) is 6.42. The summed E-state index contributed by atoms with van der Waals surface area (Å²) in [5, 5.41) is 4.02. The van der Waals surface area contributed by atoms with Gasteiger partial charge in [0.2, 0.25) is 0 Å². The molecular formula is C8H13N3O. The molecule has 0 saturated carbocycles. The second-order valence-electron chi connectivity index (χ2n) is 2.50. The van der Waals surface area contributed by atoms with Crippen LogP contribution in [0.15, 0.2) is 18.7 Å². The van der Waals surface area contributed by atoms with Crippen LogP contribution in [0.3, 0.4) is 0 Å². The topological polar surface area (TPSA) is 53.1 Å². The number of nitrogens with two attached hydrogens (primary N) is 1. The molecule has 0 bridgehead atoms. The molecule has 12 heavy (non-hydrogen) atoms. The number of aryl methyl sites for hydroxylation is 1. The summed E-state index contributed by atoms with van der Waals surface area (Å²) < 4.78 is 6.90. The number of hydrogen-bond donors (Lipinski definition) is 1. The highest BCUT2D eigenvalue weighted by atomic mass is 16.5. The molecule has 4 heteroatoms. The van der Waals surface area contributed by atoms with Crippen LogP contribution in [0.5, 0.6) is 0 Å². The van der Waals surface area contributed by atoms with Crippen molar-refractivity contribution in [3.05, 3.63) is 24.4 Å².